The Hall–Kier alpha value is -2.38. The molecule has 0 radical (unpaired) electrons. The Morgan fingerprint density at radius 2 is 1.97 bits per heavy atom. The summed E-state index contributed by atoms with van der Waals surface area (Å²) in [6.07, 6.45) is 0.216. The normalized spacial score (nSPS) is 25.2. The van der Waals surface area contributed by atoms with Gasteiger partial charge >= 0.3 is 11.9 Å². The smallest absolute Gasteiger partial charge is 0.309 e. The van der Waals surface area contributed by atoms with E-state index < -0.39 is 41.8 Å². The van der Waals surface area contributed by atoms with Crippen LogP contribution in [0.5, 0.6) is 5.75 Å². The molecule has 0 aliphatic carbocycles. The Balaban J connectivity index is 2.13. The van der Waals surface area contributed by atoms with Crippen LogP contribution in [0, 0.1) is 5.92 Å². The third-order valence-electron chi connectivity index (χ3n) is 4.63. The second-order valence-corrected chi connectivity index (χ2v) is 8.55. The summed E-state index contributed by atoms with van der Waals surface area (Å²) in [5.41, 5.74) is -0.619. The summed E-state index contributed by atoms with van der Waals surface area (Å²) in [6, 6.07) is 9.34. The summed E-state index contributed by atoms with van der Waals surface area (Å²) < 4.78 is 28.9. The largest absolute Gasteiger partial charge is 0.485 e. The van der Waals surface area contributed by atoms with Gasteiger partial charge in [0.2, 0.25) is 0 Å². The Morgan fingerprint density at radius 3 is 2.61 bits per heavy atom. The molecule has 172 valence electrons. The van der Waals surface area contributed by atoms with Crippen molar-refractivity contribution >= 4 is 11.9 Å². The van der Waals surface area contributed by atoms with E-state index in [0.717, 1.165) is 0 Å². The Labute approximate surface area is 184 Å². The van der Waals surface area contributed by atoms with E-state index >= 15 is 0 Å². The van der Waals surface area contributed by atoms with Crippen molar-refractivity contribution in [2.24, 2.45) is 5.92 Å². The lowest BCUT2D eigenvalue weighted by atomic mass is 10.0. The average Bonchev–Trinajstić information content (AvgIpc) is 2.69. The molecule has 0 aromatic heterocycles. The summed E-state index contributed by atoms with van der Waals surface area (Å²) in [7, 11) is 0. The SMILES string of the molecule is C=CCO[C@H]1[C@H](C)OC(=O)[C@@H](CC(=O)OC(C)(C)C)CCOC[C@@H]1Oc1ccccc1. The first kappa shape index (κ1) is 24.9. The first-order valence-electron chi connectivity index (χ1n) is 10.6. The minimum absolute atomic E-state index is 0.0612. The van der Waals surface area contributed by atoms with Crippen LogP contribution in [0.2, 0.25) is 0 Å². The molecular formula is C24H34O7. The molecule has 2 rings (SSSR count). The molecule has 0 bridgehead atoms. The Morgan fingerprint density at radius 1 is 1.26 bits per heavy atom. The van der Waals surface area contributed by atoms with E-state index in [1.807, 2.05) is 30.3 Å². The van der Waals surface area contributed by atoms with E-state index in [-0.39, 0.29) is 26.2 Å². The number of cyclic esters (lactones) is 1. The standard InChI is InChI=1S/C24H34O7/c1-6-13-28-22-17(2)29-23(26)18(15-21(25)31-24(3,4)5)12-14-27-16-20(22)30-19-10-8-7-9-11-19/h6-11,17-18,20,22H,1,12-16H2,2-5H3/t17-,18+,20-,22-/m0/s1. The molecule has 0 unspecified atom stereocenters. The van der Waals surface area contributed by atoms with Gasteiger partial charge < -0.3 is 23.7 Å². The molecule has 0 amide bonds. The van der Waals surface area contributed by atoms with Gasteiger partial charge in [-0.15, -0.1) is 6.58 Å². The number of ether oxygens (including phenoxy) is 5. The van der Waals surface area contributed by atoms with Crippen molar-refractivity contribution in [3.63, 3.8) is 0 Å². The maximum absolute atomic E-state index is 12.8. The fourth-order valence-corrected chi connectivity index (χ4v) is 3.25. The molecule has 1 aliphatic heterocycles. The molecule has 4 atom stereocenters. The van der Waals surface area contributed by atoms with Crippen LogP contribution in [-0.4, -0.2) is 55.7 Å². The predicted octanol–water partition coefficient (Wildman–Crippen LogP) is 3.71. The van der Waals surface area contributed by atoms with Crippen LogP contribution in [0.4, 0.5) is 0 Å². The molecule has 1 aromatic rings. The van der Waals surface area contributed by atoms with Crippen LogP contribution in [0.25, 0.3) is 0 Å². The van der Waals surface area contributed by atoms with E-state index in [1.54, 1.807) is 33.8 Å². The van der Waals surface area contributed by atoms with Crippen molar-refractivity contribution in [3.8, 4) is 5.75 Å². The number of rotatable bonds is 7. The van der Waals surface area contributed by atoms with Gasteiger partial charge in [0.05, 0.1) is 25.6 Å². The van der Waals surface area contributed by atoms with E-state index in [2.05, 4.69) is 6.58 Å². The van der Waals surface area contributed by atoms with Crippen LogP contribution >= 0.6 is 0 Å². The van der Waals surface area contributed by atoms with Gasteiger partial charge in [-0.1, -0.05) is 24.3 Å². The van der Waals surface area contributed by atoms with Gasteiger partial charge in [-0.2, -0.15) is 0 Å². The molecule has 7 nitrogen and oxygen atoms in total. The van der Waals surface area contributed by atoms with Crippen LogP contribution in [0.15, 0.2) is 43.0 Å². The fraction of sp³-hybridized carbons (Fsp3) is 0.583. The summed E-state index contributed by atoms with van der Waals surface area (Å²) in [5.74, 6) is -0.899. The molecule has 1 fully saturated rings. The number of para-hydroxylation sites is 1. The minimum atomic E-state index is -0.649. The number of carbonyl (C=O) groups is 2. The molecule has 1 aliphatic rings. The monoisotopic (exact) mass is 434 g/mol. The number of esters is 2. The van der Waals surface area contributed by atoms with Gasteiger partial charge in [-0.3, -0.25) is 9.59 Å². The van der Waals surface area contributed by atoms with Crippen LogP contribution in [0.3, 0.4) is 0 Å². The minimum Gasteiger partial charge on any atom is -0.485 e. The fourth-order valence-electron chi connectivity index (χ4n) is 3.25. The maximum atomic E-state index is 12.8. The highest BCUT2D eigenvalue weighted by atomic mass is 16.6. The Bertz CT molecular complexity index is 710. The molecule has 0 spiro atoms. The molecule has 1 saturated heterocycles. The zero-order chi connectivity index (χ0) is 22.9. The van der Waals surface area contributed by atoms with E-state index in [1.165, 1.54) is 0 Å². The van der Waals surface area contributed by atoms with Crippen molar-refractivity contribution in [1.82, 2.24) is 0 Å². The second-order valence-electron chi connectivity index (χ2n) is 8.55. The van der Waals surface area contributed by atoms with E-state index in [4.69, 9.17) is 23.7 Å². The van der Waals surface area contributed by atoms with Gasteiger partial charge in [0, 0.05) is 6.61 Å². The van der Waals surface area contributed by atoms with Gasteiger partial charge in [0.1, 0.15) is 23.6 Å². The van der Waals surface area contributed by atoms with E-state index in [9.17, 15) is 9.59 Å². The predicted molar refractivity (Wildman–Crippen MR) is 116 cm³/mol. The third-order valence-corrected chi connectivity index (χ3v) is 4.63. The Kier molecular flexibility index (Phi) is 9.52. The average molecular weight is 435 g/mol. The number of benzene rings is 1. The van der Waals surface area contributed by atoms with Gasteiger partial charge in [0.25, 0.3) is 0 Å². The lowest BCUT2D eigenvalue weighted by Crippen LogP contribution is -2.47. The highest BCUT2D eigenvalue weighted by Gasteiger charge is 2.36. The molecular weight excluding hydrogens is 400 g/mol. The van der Waals surface area contributed by atoms with E-state index in [0.29, 0.717) is 12.2 Å². The van der Waals surface area contributed by atoms with Crippen LogP contribution in [0.1, 0.15) is 40.5 Å². The first-order chi connectivity index (χ1) is 14.7. The number of hydrogen-bond donors (Lipinski definition) is 0. The van der Waals surface area contributed by atoms with Crippen molar-refractivity contribution in [3.05, 3.63) is 43.0 Å². The zero-order valence-electron chi connectivity index (χ0n) is 18.9. The molecule has 0 saturated carbocycles. The topological polar surface area (TPSA) is 80.3 Å². The van der Waals surface area contributed by atoms with Crippen molar-refractivity contribution in [1.29, 1.82) is 0 Å². The highest BCUT2D eigenvalue weighted by Crippen LogP contribution is 2.23. The third kappa shape index (κ3) is 8.71. The van der Waals surface area contributed by atoms with Crippen molar-refractivity contribution < 1.29 is 33.3 Å². The first-order valence-corrected chi connectivity index (χ1v) is 10.6. The highest BCUT2D eigenvalue weighted by molar-refractivity contribution is 5.80. The molecule has 1 aromatic carbocycles. The van der Waals surface area contributed by atoms with Gasteiger partial charge in [-0.25, -0.2) is 0 Å². The van der Waals surface area contributed by atoms with Crippen LogP contribution in [-0.2, 0) is 28.5 Å². The second kappa shape index (κ2) is 11.9. The zero-order valence-corrected chi connectivity index (χ0v) is 18.9. The maximum Gasteiger partial charge on any atom is 0.309 e. The number of hydrogen-bond acceptors (Lipinski definition) is 7. The van der Waals surface area contributed by atoms with Gasteiger partial charge in [0.15, 0.2) is 6.10 Å². The van der Waals surface area contributed by atoms with Crippen molar-refractivity contribution in [2.75, 3.05) is 19.8 Å². The lowest BCUT2D eigenvalue weighted by molar-refractivity contribution is -0.175. The molecule has 1 heterocycles. The van der Waals surface area contributed by atoms with Crippen molar-refractivity contribution in [2.45, 2.75) is 64.4 Å². The summed E-state index contributed by atoms with van der Waals surface area (Å²) in [5, 5.41) is 0. The quantitative estimate of drug-likeness (QED) is 0.478. The summed E-state index contributed by atoms with van der Waals surface area (Å²) in [6.45, 7) is 11.6. The lowest BCUT2D eigenvalue weighted by Gasteiger charge is -2.33. The van der Waals surface area contributed by atoms with Gasteiger partial charge in [-0.05, 0) is 46.2 Å². The van der Waals surface area contributed by atoms with Crippen LogP contribution < -0.4 is 4.74 Å². The summed E-state index contributed by atoms with van der Waals surface area (Å²) >= 11 is 0. The number of carbonyl (C=O) groups excluding carboxylic acids is 2. The molecule has 31 heavy (non-hydrogen) atoms. The summed E-state index contributed by atoms with van der Waals surface area (Å²) in [4.78, 5) is 25.1. The molecule has 0 N–H and O–H groups in total. The molecule has 7 heteroatoms.